The summed E-state index contributed by atoms with van der Waals surface area (Å²) in [5.41, 5.74) is 10.8. The molecule has 0 radical (unpaired) electrons. The van der Waals surface area contributed by atoms with E-state index < -0.39 is 5.97 Å². The molecule has 0 unspecified atom stereocenters. The van der Waals surface area contributed by atoms with Gasteiger partial charge in [-0.05, 0) is 61.9 Å². The number of hydrogen-bond donors (Lipinski definition) is 2. The number of carbonyl (C=O) groups excluding carboxylic acids is 2. The fraction of sp³-hybridized carbons (Fsp3) is 0.472. The second kappa shape index (κ2) is 15.9. The molecule has 1 saturated heterocycles. The number of carboxylic acids is 1. The third kappa shape index (κ3) is 8.65. The maximum absolute atomic E-state index is 13.8. The highest BCUT2D eigenvalue weighted by atomic mass is 16.5. The van der Waals surface area contributed by atoms with Gasteiger partial charge in [0.2, 0.25) is 5.91 Å². The number of nitrogens with zero attached hydrogens (tertiary/aromatic N) is 5. The number of piperidine rings is 1. The van der Waals surface area contributed by atoms with Gasteiger partial charge in [0.05, 0.1) is 31.1 Å². The van der Waals surface area contributed by atoms with Gasteiger partial charge in [0.25, 0.3) is 0 Å². The van der Waals surface area contributed by atoms with E-state index in [9.17, 15) is 19.5 Å². The Labute approximate surface area is 275 Å². The first-order valence-corrected chi connectivity index (χ1v) is 16.7. The second-order valence-electron chi connectivity index (χ2n) is 12.6. The molecular weight excluding hydrogens is 596 g/mol. The average Bonchev–Trinajstić information content (AvgIpc) is 3.43. The summed E-state index contributed by atoms with van der Waals surface area (Å²) in [4.78, 5) is 50.4. The Balaban J connectivity index is 1.34. The van der Waals surface area contributed by atoms with Gasteiger partial charge in [-0.3, -0.25) is 19.3 Å². The predicted molar refractivity (Wildman–Crippen MR) is 182 cm³/mol. The van der Waals surface area contributed by atoms with Gasteiger partial charge in [0, 0.05) is 37.9 Å². The van der Waals surface area contributed by atoms with Gasteiger partial charge in [0.15, 0.2) is 5.82 Å². The molecule has 1 aliphatic rings. The Bertz CT molecular complexity index is 1690. The molecule has 11 heteroatoms. The van der Waals surface area contributed by atoms with Crippen molar-refractivity contribution < 1.29 is 24.2 Å². The number of pyridine rings is 1. The number of amides is 1. The molecule has 47 heavy (non-hydrogen) atoms. The van der Waals surface area contributed by atoms with Crippen molar-refractivity contribution in [2.45, 2.75) is 71.4 Å². The van der Waals surface area contributed by atoms with Crippen LogP contribution in [0.2, 0.25) is 0 Å². The van der Waals surface area contributed by atoms with Crippen molar-refractivity contribution >= 4 is 45.6 Å². The molecule has 1 amide bonds. The molecule has 250 valence electrons. The van der Waals surface area contributed by atoms with Crippen molar-refractivity contribution in [2.24, 2.45) is 5.92 Å². The molecule has 1 aliphatic heterocycles. The van der Waals surface area contributed by atoms with E-state index in [1.54, 1.807) is 0 Å². The molecule has 1 fully saturated rings. The number of ether oxygens (including phenoxy) is 1. The van der Waals surface area contributed by atoms with E-state index in [2.05, 4.69) is 27.4 Å². The van der Waals surface area contributed by atoms with Gasteiger partial charge in [-0.25, -0.2) is 9.97 Å². The van der Waals surface area contributed by atoms with Crippen LogP contribution in [0.25, 0.3) is 21.9 Å². The Kier molecular flexibility index (Phi) is 11.4. The zero-order valence-corrected chi connectivity index (χ0v) is 27.5. The molecule has 2 aromatic heterocycles. The number of aryl methyl sites for hydroxylation is 2. The second-order valence-corrected chi connectivity index (χ2v) is 12.6. The number of hydrogen-bond acceptors (Lipinski definition) is 8. The van der Waals surface area contributed by atoms with Crippen LogP contribution in [-0.4, -0.2) is 80.6 Å². The zero-order valence-electron chi connectivity index (χ0n) is 27.5. The van der Waals surface area contributed by atoms with Gasteiger partial charge < -0.3 is 25.0 Å². The van der Waals surface area contributed by atoms with Crippen LogP contribution in [0, 0.1) is 5.92 Å². The molecule has 0 aliphatic carbocycles. The molecule has 0 saturated carbocycles. The topological polar surface area (TPSA) is 144 Å². The minimum absolute atomic E-state index is 0.0425. The van der Waals surface area contributed by atoms with Crippen molar-refractivity contribution in [1.82, 2.24) is 24.3 Å². The number of likely N-dealkylation sites (tertiary alicyclic amines) is 1. The number of benzene rings is 2. The molecule has 0 bridgehead atoms. The van der Waals surface area contributed by atoms with Crippen molar-refractivity contribution in [1.29, 1.82) is 0 Å². The van der Waals surface area contributed by atoms with Gasteiger partial charge in [-0.2, -0.15) is 0 Å². The number of aliphatic carboxylic acids is 1. The van der Waals surface area contributed by atoms with Crippen LogP contribution in [0.1, 0.15) is 62.4 Å². The van der Waals surface area contributed by atoms with E-state index in [1.807, 2.05) is 47.4 Å². The lowest BCUT2D eigenvalue weighted by atomic mass is 9.93. The van der Waals surface area contributed by atoms with Crippen LogP contribution in [0.4, 0.5) is 5.82 Å². The lowest BCUT2D eigenvalue weighted by Crippen LogP contribution is -2.43. The number of methoxy groups -OCH3 is 1. The minimum Gasteiger partial charge on any atom is -0.481 e. The van der Waals surface area contributed by atoms with Crippen LogP contribution >= 0.6 is 0 Å². The first-order valence-electron chi connectivity index (χ1n) is 16.7. The molecular formula is C36H46N6O5. The summed E-state index contributed by atoms with van der Waals surface area (Å²) in [5, 5.41) is 10.2. The van der Waals surface area contributed by atoms with E-state index in [4.69, 9.17) is 15.5 Å². The van der Waals surface area contributed by atoms with Gasteiger partial charge in [-0.15, -0.1) is 0 Å². The monoisotopic (exact) mass is 642 g/mol. The Morgan fingerprint density at radius 2 is 1.74 bits per heavy atom. The predicted octanol–water partition coefficient (Wildman–Crippen LogP) is 4.83. The summed E-state index contributed by atoms with van der Waals surface area (Å²) in [7, 11) is 1.38. The smallest absolute Gasteiger partial charge is 0.309 e. The number of rotatable bonds is 15. The van der Waals surface area contributed by atoms with Crippen LogP contribution in [0.15, 0.2) is 48.5 Å². The minimum atomic E-state index is -0.765. The highest BCUT2D eigenvalue weighted by Crippen LogP contribution is 2.30. The number of nitrogen functional groups attached to an aromatic ring is 1. The summed E-state index contributed by atoms with van der Waals surface area (Å²) in [5.74, 6) is 0.549. The first kappa shape index (κ1) is 33.8. The summed E-state index contributed by atoms with van der Waals surface area (Å²) < 4.78 is 7.06. The largest absolute Gasteiger partial charge is 0.481 e. The molecule has 2 aromatic carbocycles. The van der Waals surface area contributed by atoms with Crippen LogP contribution in [0.5, 0.6) is 0 Å². The van der Waals surface area contributed by atoms with E-state index in [0.29, 0.717) is 51.5 Å². The Morgan fingerprint density at radius 3 is 2.45 bits per heavy atom. The number of carbonyl (C=O) groups is 3. The van der Waals surface area contributed by atoms with E-state index in [1.165, 1.54) is 7.11 Å². The molecule has 0 atom stereocenters. The summed E-state index contributed by atoms with van der Waals surface area (Å²) in [6.45, 7) is 5.55. The summed E-state index contributed by atoms with van der Waals surface area (Å²) in [6.07, 6.45) is 5.54. The zero-order chi connectivity index (χ0) is 33.3. The van der Waals surface area contributed by atoms with E-state index in [0.717, 1.165) is 71.0 Å². The number of anilines is 1. The number of nitrogens with two attached hydrogens (primary N) is 1. The maximum Gasteiger partial charge on any atom is 0.309 e. The standard InChI is InChI=1S/C36H46N6O5/c1-3-4-10-30-39-34-35(28-8-5-6-9-29(28)38-36(34)37)42(30)18-7-17-41(23-27-13-11-25(12-14-27)22-33(46)47-2)31(43)24-40-19-15-26(16-20-40)21-32(44)45/h5-6,8-9,11-14,26H,3-4,7,10,15-24H2,1-2H3,(H2,37,38)(H,44,45). The molecule has 4 aromatic rings. The lowest BCUT2D eigenvalue weighted by molar-refractivity contribution is -0.140. The van der Waals surface area contributed by atoms with E-state index in [-0.39, 0.29) is 30.6 Å². The number of carboxylic acid groups (broad SMARTS) is 1. The molecule has 5 rings (SSSR count). The number of para-hydroxylation sites is 1. The first-order chi connectivity index (χ1) is 22.7. The summed E-state index contributed by atoms with van der Waals surface area (Å²) in [6, 6.07) is 15.7. The number of unbranched alkanes of at least 4 members (excludes halogenated alkanes) is 1. The quantitative estimate of drug-likeness (QED) is 0.174. The number of imidazole rings is 1. The van der Waals surface area contributed by atoms with Crippen LogP contribution < -0.4 is 5.73 Å². The SMILES string of the molecule is CCCCc1nc2c(N)nc3ccccc3c2n1CCCN(Cc1ccc(CC(=O)OC)cc1)C(=O)CN1CCC(CC(=O)O)CC1. The fourth-order valence-corrected chi connectivity index (χ4v) is 6.49. The highest BCUT2D eigenvalue weighted by molar-refractivity contribution is 6.06. The van der Waals surface area contributed by atoms with Crippen LogP contribution in [0.3, 0.4) is 0 Å². The number of fused-ring (bicyclic) bond motifs is 3. The Morgan fingerprint density at radius 1 is 1.02 bits per heavy atom. The number of aromatic nitrogens is 3. The van der Waals surface area contributed by atoms with Crippen molar-refractivity contribution in [2.75, 3.05) is 39.0 Å². The van der Waals surface area contributed by atoms with Gasteiger partial charge >= 0.3 is 11.9 Å². The van der Waals surface area contributed by atoms with Crippen LogP contribution in [-0.2, 0) is 45.1 Å². The third-order valence-electron chi connectivity index (χ3n) is 9.11. The molecule has 11 nitrogen and oxygen atoms in total. The van der Waals surface area contributed by atoms with Gasteiger partial charge in [-0.1, -0.05) is 55.8 Å². The number of esters is 1. The van der Waals surface area contributed by atoms with Gasteiger partial charge in [0.1, 0.15) is 11.3 Å². The normalized spacial score (nSPS) is 14.1. The van der Waals surface area contributed by atoms with Crippen molar-refractivity contribution in [3.8, 4) is 0 Å². The van der Waals surface area contributed by atoms with Crippen molar-refractivity contribution in [3.63, 3.8) is 0 Å². The van der Waals surface area contributed by atoms with E-state index >= 15 is 0 Å². The molecule has 3 N–H and O–H groups in total. The fourth-order valence-electron chi connectivity index (χ4n) is 6.49. The lowest BCUT2D eigenvalue weighted by Gasteiger charge is -2.33. The molecule has 0 spiro atoms. The highest BCUT2D eigenvalue weighted by Gasteiger charge is 2.25. The molecule has 3 heterocycles. The summed E-state index contributed by atoms with van der Waals surface area (Å²) >= 11 is 0. The van der Waals surface area contributed by atoms with Crippen molar-refractivity contribution in [3.05, 3.63) is 65.5 Å². The average molecular weight is 643 g/mol. The third-order valence-corrected chi connectivity index (χ3v) is 9.11. The maximum atomic E-state index is 13.8. The Hall–Kier alpha value is -4.51.